The number of halogens is 4. The van der Waals surface area contributed by atoms with Gasteiger partial charge in [0.05, 0.1) is 36.9 Å². The maximum atomic E-state index is 13.1. The number of nitrogens with one attached hydrogen (secondary N) is 1. The van der Waals surface area contributed by atoms with Crippen molar-refractivity contribution in [3.8, 4) is 28.4 Å². The van der Waals surface area contributed by atoms with Crippen LogP contribution in [-0.4, -0.2) is 36.6 Å². The molecule has 0 saturated heterocycles. The van der Waals surface area contributed by atoms with Crippen molar-refractivity contribution in [2.45, 2.75) is 13.1 Å². The van der Waals surface area contributed by atoms with Crippen LogP contribution < -0.4 is 10.3 Å². The van der Waals surface area contributed by atoms with Gasteiger partial charge in [0, 0.05) is 39.4 Å². The molecule has 0 aliphatic heterocycles. The van der Waals surface area contributed by atoms with Crippen LogP contribution in [0.3, 0.4) is 0 Å². The molecule has 35 heavy (non-hydrogen) atoms. The molecule has 0 spiro atoms. The summed E-state index contributed by atoms with van der Waals surface area (Å²) in [6, 6.07) is 10.8. The van der Waals surface area contributed by atoms with E-state index in [-0.39, 0.29) is 11.4 Å². The molecule has 4 heterocycles. The summed E-state index contributed by atoms with van der Waals surface area (Å²) in [5, 5.41) is 7.87. The monoisotopic (exact) mass is 499 g/mol. The Morgan fingerprint density at radius 1 is 1.14 bits per heavy atom. The highest BCUT2D eigenvalue weighted by molar-refractivity contribution is 6.31. The lowest BCUT2D eigenvalue weighted by molar-refractivity contribution is -0.141. The van der Waals surface area contributed by atoms with E-state index in [0.717, 1.165) is 22.0 Å². The van der Waals surface area contributed by atoms with Gasteiger partial charge in [0.2, 0.25) is 0 Å². The first kappa shape index (κ1) is 22.7. The second-order valence-electron chi connectivity index (χ2n) is 7.64. The van der Waals surface area contributed by atoms with E-state index in [0.29, 0.717) is 27.5 Å². The zero-order chi connectivity index (χ0) is 24.9. The van der Waals surface area contributed by atoms with Gasteiger partial charge < -0.3 is 9.72 Å². The molecule has 8 nitrogen and oxygen atoms in total. The molecule has 0 amide bonds. The third kappa shape index (κ3) is 4.14. The maximum Gasteiger partial charge on any atom is 0.436 e. The Bertz CT molecular complexity index is 1640. The van der Waals surface area contributed by atoms with E-state index >= 15 is 0 Å². The summed E-state index contributed by atoms with van der Waals surface area (Å²) >= 11 is 6.19. The highest BCUT2D eigenvalue weighted by Gasteiger charge is 2.34. The summed E-state index contributed by atoms with van der Waals surface area (Å²) < 4.78 is 47.0. The smallest absolute Gasteiger partial charge is 0.436 e. The number of alkyl halides is 3. The summed E-state index contributed by atoms with van der Waals surface area (Å²) in [5.41, 5.74) is 0.779. The first-order chi connectivity index (χ1) is 16.6. The van der Waals surface area contributed by atoms with Gasteiger partial charge in [0.1, 0.15) is 11.6 Å². The zero-order valence-corrected chi connectivity index (χ0v) is 18.9. The number of aromatic nitrogens is 6. The van der Waals surface area contributed by atoms with E-state index in [2.05, 4.69) is 26.3 Å². The second kappa shape index (κ2) is 8.27. The number of nitrogens with zero attached hydrogens (tertiary/aromatic N) is 5. The van der Waals surface area contributed by atoms with Crippen molar-refractivity contribution < 1.29 is 17.9 Å². The molecule has 0 aliphatic rings. The van der Waals surface area contributed by atoms with Gasteiger partial charge in [-0.05, 0) is 31.2 Å². The second-order valence-corrected chi connectivity index (χ2v) is 8.08. The Morgan fingerprint density at radius 3 is 2.66 bits per heavy atom. The molecule has 1 radical (unpaired) electrons. The first-order valence-electron chi connectivity index (χ1n) is 10.1. The van der Waals surface area contributed by atoms with E-state index in [9.17, 15) is 18.0 Å². The van der Waals surface area contributed by atoms with Gasteiger partial charge in [0.15, 0.2) is 5.69 Å². The van der Waals surface area contributed by atoms with Gasteiger partial charge in [-0.1, -0.05) is 16.8 Å². The number of ether oxygens (including phenoxy) is 1. The van der Waals surface area contributed by atoms with Crippen molar-refractivity contribution in [2.24, 2.45) is 0 Å². The number of methoxy groups -OCH3 is 1. The van der Waals surface area contributed by atoms with Gasteiger partial charge in [-0.25, -0.2) is 4.68 Å². The van der Waals surface area contributed by atoms with Crippen molar-refractivity contribution >= 4 is 22.5 Å². The normalized spacial score (nSPS) is 11.8. The van der Waals surface area contributed by atoms with Crippen molar-refractivity contribution in [2.75, 3.05) is 7.11 Å². The summed E-state index contributed by atoms with van der Waals surface area (Å²) in [6.45, 7) is 1.85. The van der Waals surface area contributed by atoms with Crippen LogP contribution in [-0.2, 0) is 6.18 Å². The minimum absolute atomic E-state index is 0.228. The Labute approximate surface area is 200 Å². The summed E-state index contributed by atoms with van der Waals surface area (Å²) in [5.74, 6) is 0.644. The number of fused-ring (bicyclic) bond motifs is 1. The molecule has 12 heteroatoms. The number of aryl methyl sites for hydroxylation is 1. The summed E-state index contributed by atoms with van der Waals surface area (Å²) in [6.07, 6.45) is -0.789. The predicted molar refractivity (Wildman–Crippen MR) is 122 cm³/mol. The fourth-order valence-electron chi connectivity index (χ4n) is 3.67. The quantitative estimate of drug-likeness (QED) is 0.385. The van der Waals surface area contributed by atoms with Crippen LogP contribution in [0.1, 0.15) is 11.4 Å². The summed E-state index contributed by atoms with van der Waals surface area (Å²) in [4.78, 5) is 20.5. The third-order valence-corrected chi connectivity index (χ3v) is 5.54. The highest BCUT2D eigenvalue weighted by Crippen LogP contribution is 2.36. The Kier molecular flexibility index (Phi) is 5.36. The van der Waals surface area contributed by atoms with Crippen LogP contribution in [0.15, 0.2) is 53.7 Å². The Morgan fingerprint density at radius 2 is 1.94 bits per heavy atom. The van der Waals surface area contributed by atoms with Gasteiger partial charge in [-0.2, -0.15) is 13.2 Å². The van der Waals surface area contributed by atoms with Crippen molar-refractivity contribution in [1.29, 1.82) is 0 Å². The van der Waals surface area contributed by atoms with E-state index in [1.807, 2.05) is 13.0 Å². The predicted octanol–water partition coefficient (Wildman–Crippen LogP) is 4.75. The van der Waals surface area contributed by atoms with Crippen LogP contribution in [0, 0.1) is 13.0 Å². The number of rotatable bonds is 4. The SMILES string of the molecule is COc1cn(-c2[c]c3cc(C)ncc3[nH]2)c(=O)cc1-c1cc(Cl)ccc1-n1cc(C(F)(F)F)nn1. The van der Waals surface area contributed by atoms with Crippen LogP contribution in [0.25, 0.3) is 33.5 Å². The summed E-state index contributed by atoms with van der Waals surface area (Å²) in [7, 11) is 1.41. The lowest BCUT2D eigenvalue weighted by Crippen LogP contribution is -2.18. The standard InChI is InChI=1S/C23H15ClF3N6O2/c1-12-5-13-6-21(29-17(13)9-28-12)32-10-19(35-2)16(8-22(32)34)15-7-14(24)3-4-18(15)33-11-20(30-31-33)23(25,26)27/h3-5,7-11,29H,1-2H3. The van der Waals surface area contributed by atoms with E-state index in [1.165, 1.54) is 42.1 Å². The topological polar surface area (TPSA) is 90.6 Å². The van der Waals surface area contributed by atoms with Crippen LogP contribution in [0.5, 0.6) is 5.75 Å². The molecule has 4 aromatic heterocycles. The van der Waals surface area contributed by atoms with Gasteiger partial charge >= 0.3 is 6.18 Å². The molecule has 0 aliphatic carbocycles. The van der Waals surface area contributed by atoms with Gasteiger partial charge in [-0.3, -0.25) is 14.3 Å². The molecule has 5 aromatic rings. The highest BCUT2D eigenvalue weighted by atomic mass is 35.5. The Balaban J connectivity index is 1.67. The van der Waals surface area contributed by atoms with Crippen LogP contribution >= 0.6 is 11.6 Å². The zero-order valence-electron chi connectivity index (χ0n) is 18.2. The molecule has 177 valence electrons. The number of pyridine rings is 2. The average Bonchev–Trinajstić information content (AvgIpc) is 3.46. The molecule has 5 rings (SSSR count). The number of H-pyrrole nitrogens is 1. The van der Waals surface area contributed by atoms with Crippen molar-refractivity contribution in [3.63, 3.8) is 0 Å². The number of hydrogen-bond acceptors (Lipinski definition) is 5. The number of hydrogen-bond donors (Lipinski definition) is 1. The maximum absolute atomic E-state index is 13.1. The lowest BCUT2D eigenvalue weighted by Gasteiger charge is -2.15. The van der Waals surface area contributed by atoms with E-state index < -0.39 is 17.4 Å². The molecule has 0 saturated carbocycles. The van der Waals surface area contributed by atoms with E-state index in [4.69, 9.17) is 16.3 Å². The van der Waals surface area contributed by atoms with Crippen molar-refractivity contribution in [3.05, 3.63) is 81.8 Å². The molecular formula is C23H15ClF3N6O2. The van der Waals surface area contributed by atoms with Gasteiger partial charge in [-0.15, -0.1) is 5.10 Å². The third-order valence-electron chi connectivity index (χ3n) is 5.30. The Hall–Kier alpha value is -4.12. The molecule has 1 aromatic carbocycles. The molecular weight excluding hydrogens is 485 g/mol. The minimum Gasteiger partial charge on any atom is -0.495 e. The minimum atomic E-state index is -4.66. The number of benzene rings is 1. The average molecular weight is 500 g/mol. The molecule has 0 bridgehead atoms. The number of aromatic amines is 1. The fraction of sp³-hybridized carbons (Fsp3) is 0.130. The molecule has 0 unspecified atom stereocenters. The van der Waals surface area contributed by atoms with Gasteiger partial charge in [0.25, 0.3) is 5.56 Å². The molecule has 0 atom stereocenters. The lowest BCUT2D eigenvalue weighted by atomic mass is 10.0. The van der Waals surface area contributed by atoms with E-state index in [1.54, 1.807) is 6.20 Å². The largest absolute Gasteiger partial charge is 0.495 e. The van der Waals surface area contributed by atoms with Crippen molar-refractivity contribution in [1.82, 2.24) is 29.5 Å². The van der Waals surface area contributed by atoms with Crippen LogP contribution in [0.4, 0.5) is 13.2 Å². The fourth-order valence-corrected chi connectivity index (χ4v) is 3.84. The van der Waals surface area contributed by atoms with Crippen LogP contribution in [0.2, 0.25) is 5.02 Å². The molecule has 0 fully saturated rings. The first-order valence-corrected chi connectivity index (χ1v) is 10.5. The molecule has 1 N–H and O–H groups in total.